The summed E-state index contributed by atoms with van der Waals surface area (Å²) in [6, 6.07) is 4.68. The Morgan fingerprint density at radius 2 is 2.11 bits per heavy atom. The third-order valence-corrected chi connectivity index (χ3v) is 1.74. The average molecular weight is 253 g/mol. The van der Waals surface area contributed by atoms with Crippen molar-refractivity contribution in [3.63, 3.8) is 0 Å². The van der Waals surface area contributed by atoms with Crippen LogP contribution in [0.15, 0.2) is 29.4 Å². The molecule has 9 nitrogen and oxygen atoms in total. The lowest BCUT2D eigenvalue weighted by molar-refractivity contribution is -0.384. The minimum absolute atomic E-state index is 0.147. The summed E-state index contributed by atoms with van der Waals surface area (Å²) in [5.41, 5.74) is 4.43. The van der Waals surface area contributed by atoms with Crippen LogP contribution in [0.25, 0.3) is 0 Å². The van der Waals surface area contributed by atoms with E-state index in [0.29, 0.717) is 0 Å². The average Bonchev–Trinajstić information content (AvgIpc) is 2.35. The van der Waals surface area contributed by atoms with Gasteiger partial charge in [0, 0.05) is 12.1 Å². The Bertz CT molecular complexity index is 539. The molecular formula is C9H7N3O6. The van der Waals surface area contributed by atoms with Crippen LogP contribution in [0, 0.1) is 10.1 Å². The molecule has 0 heterocycles. The number of hydrogen-bond donors (Lipinski definition) is 2. The number of non-ortho nitro benzene ring substituents is 1. The van der Waals surface area contributed by atoms with E-state index in [1.807, 2.05) is 0 Å². The van der Waals surface area contributed by atoms with Crippen LogP contribution in [0.3, 0.4) is 0 Å². The van der Waals surface area contributed by atoms with Crippen LogP contribution in [-0.4, -0.2) is 27.8 Å². The predicted octanol–water partition coefficient (Wildman–Crippen LogP) is 0.108. The van der Waals surface area contributed by atoms with Gasteiger partial charge in [0.1, 0.15) is 0 Å². The Kier molecular flexibility index (Phi) is 3.92. The molecule has 0 aliphatic rings. The number of amidine groups is 1. The molecule has 0 unspecified atom stereocenters. The quantitative estimate of drug-likeness (QED) is 0.255. The lowest BCUT2D eigenvalue weighted by Crippen LogP contribution is -2.23. The molecule has 18 heavy (non-hydrogen) atoms. The number of hydrogen-bond acceptors (Lipinski definition) is 6. The van der Waals surface area contributed by atoms with Gasteiger partial charge in [-0.25, -0.2) is 9.59 Å². The van der Waals surface area contributed by atoms with Gasteiger partial charge in [-0.1, -0.05) is 6.07 Å². The molecular weight excluding hydrogens is 246 g/mol. The third-order valence-electron chi connectivity index (χ3n) is 1.74. The van der Waals surface area contributed by atoms with E-state index in [1.54, 1.807) is 0 Å². The first-order valence-corrected chi connectivity index (χ1v) is 4.44. The molecule has 0 radical (unpaired) electrons. The number of benzene rings is 1. The highest BCUT2D eigenvalue weighted by Gasteiger charge is 2.13. The number of nitro benzene ring substituents is 1. The van der Waals surface area contributed by atoms with Gasteiger partial charge < -0.3 is 15.7 Å². The fraction of sp³-hybridized carbons (Fsp3) is 0. The number of rotatable bonds is 3. The van der Waals surface area contributed by atoms with Crippen molar-refractivity contribution in [3.8, 4) is 0 Å². The molecule has 0 aromatic heterocycles. The molecule has 94 valence electrons. The summed E-state index contributed by atoms with van der Waals surface area (Å²) in [5, 5.41) is 21.7. The zero-order valence-electron chi connectivity index (χ0n) is 8.77. The van der Waals surface area contributed by atoms with Crippen molar-refractivity contribution in [1.82, 2.24) is 0 Å². The zero-order valence-corrected chi connectivity index (χ0v) is 8.77. The van der Waals surface area contributed by atoms with Crippen molar-refractivity contribution in [1.29, 1.82) is 0 Å². The van der Waals surface area contributed by atoms with E-state index >= 15 is 0 Å². The number of carbonyl (C=O) groups excluding carboxylic acids is 1. The fourth-order valence-electron chi connectivity index (χ4n) is 0.929. The summed E-state index contributed by atoms with van der Waals surface area (Å²) >= 11 is 0. The van der Waals surface area contributed by atoms with E-state index in [-0.39, 0.29) is 11.3 Å². The summed E-state index contributed by atoms with van der Waals surface area (Å²) in [6.07, 6.45) is 0. The molecule has 1 aromatic rings. The monoisotopic (exact) mass is 253 g/mol. The van der Waals surface area contributed by atoms with Crippen LogP contribution in [-0.2, 0) is 9.63 Å². The number of carbonyl (C=O) groups is 2. The van der Waals surface area contributed by atoms with Gasteiger partial charge in [0.25, 0.3) is 5.69 Å². The van der Waals surface area contributed by atoms with Crippen molar-refractivity contribution in [2.45, 2.75) is 0 Å². The molecule has 0 saturated heterocycles. The van der Waals surface area contributed by atoms with Gasteiger partial charge in [0.05, 0.1) is 10.5 Å². The number of nitrogens with two attached hydrogens (primary N) is 1. The highest BCUT2D eigenvalue weighted by atomic mass is 16.7. The standard InChI is InChI=1S/C9H7N3O6/c10-7(8(13)14)11-18-9(15)5-2-1-3-6(4-5)12(16)17/h1-4H,(H2,10,11)(H,13,14). The van der Waals surface area contributed by atoms with E-state index in [2.05, 4.69) is 9.99 Å². The number of carboxylic acid groups (broad SMARTS) is 1. The molecule has 0 atom stereocenters. The SMILES string of the molecule is N/C(=N\OC(=O)c1cccc([N+](=O)[O-])c1)C(=O)O. The van der Waals surface area contributed by atoms with Gasteiger partial charge in [-0.2, -0.15) is 0 Å². The summed E-state index contributed by atoms with van der Waals surface area (Å²) in [4.78, 5) is 35.6. The molecule has 0 amide bonds. The number of aliphatic carboxylic acids is 1. The summed E-state index contributed by atoms with van der Waals surface area (Å²) in [6.45, 7) is 0. The predicted molar refractivity (Wildman–Crippen MR) is 57.8 cm³/mol. The Balaban J connectivity index is 2.85. The van der Waals surface area contributed by atoms with Crippen molar-refractivity contribution >= 4 is 23.5 Å². The topological polar surface area (TPSA) is 145 Å². The Labute approximate surface area is 99.6 Å². The molecule has 0 bridgehead atoms. The van der Waals surface area contributed by atoms with E-state index in [4.69, 9.17) is 10.8 Å². The second-order valence-corrected chi connectivity index (χ2v) is 2.97. The minimum Gasteiger partial charge on any atom is -0.475 e. The summed E-state index contributed by atoms with van der Waals surface area (Å²) in [7, 11) is 0. The van der Waals surface area contributed by atoms with Crippen molar-refractivity contribution in [3.05, 3.63) is 39.9 Å². The van der Waals surface area contributed by atoms with Crippen molar-refractivity contribution in [2.24, 2.45) is 10.9 Å². The third kappa shape index (κ3) is 3.27. The van der Waals surface area contributed by atoms with Crippen molar-refractivity contribution in [2.75, 3.05) is 0 Å². The van der Waals surface area contributed by atoms with Crippen LogP contribution in [0.5, 0.6) is 0 Å². The highest BCUT2D eigenvalue weighted by molar-refractivity contribution is 6.33. The van der Waals surface area contributed by atoms with E-state index in [9.17, 15) is 19.7 Å². The summed E-state index contributed by atoms with van der Waals surface area (Å²) < 4.78 is 0. The Hall–Kier alpha value is -2.97. The van der Waals surface area contributed by atoms with Crippen LogP contribution in [0.4, 0.5) is 5.69 Å². The first-order chi connectivity index (χ1) is 8.41. The van der Waals surface area contributed by atoms with Gasteiger partial charge >= 0.3 is 11.9 Å². The molecule has 3 N–H and O–H groups in total. The van der Waals surface area contributed by atoms with Gasteiger partial charge in [0.15, 0.2) is 0 Å². The molecule has 0 aliphatic carbocycles. The van der Waals surface area contributed by atoms with Crippen LogP contribution in [0.2, 0.25) is 0 Å². The Morgan fingerprint density at radius 3 is 2.67 bits per heavy atom. The smallest absolute Gasteiger partial charge is 0.374 e. The van der Waals surface area contributed by atoms with Crippen LogP contribution < -0.4 is 5.73 Å². The number of oxime groups is 1. The van der Waals surface area contributed by atoms with Crippen LogP contribution >= 0.6 is 0 Å². The highest BCUT2D eigenvalue weighted by Crippen LogP contribution is 2.13. The number of carboxylic acids is 1. The molecule has 0 aliphatic heterocycles. The second kappa shape index (κ2) is 5.39. The maximum absolute atomic E-state index is 11.3. The largest absolute Gasteiger partial charge is 0.475 e. The molecule has 0 saturated carbocycles. The van der Waals surface area contributed by atoms with E-state index in [1.165, 1.54) is 18.2 Å². The number of nitrogens with zero attached hydrogens (tertiary/aromatic N) is 2. The Morgan fingerprint density at radius 1 is 1.44 bits per heavy atom. The van der Waals surface area contributed by atoms with Gasteiger partial charge in [-0.3, -0.25) is 10.1 Å². The fourth-order valence-corrected chi connectivity index (χ4v) is 0.929. The maximum atomic E-state index is 11.3. The normalized spacial score (nSPS) is 10.8. The molecule has 0 fully saturated rings. The first kappa shape index (κ1) is 13.1. The van der Waals surface area contributed by atoms with Gasteiger partial charge in [0.2, 0.25) is 5.84 Å². The molecule has 1 rings (SSSR count). The molecule has 0 spiro atoms. The van der Waals surface area contributed by atoms with Crippen molar-refractivity contribution < 1.29 is 24.5 Å². The first-order valence-electron chi connectivity index (χ1n) is 4.44. The van der Waals surface area contributed by atoms with Crippen LogP contribution in [0.1, 0.15) is 10.4 Å². The lowest BCUT2D eigenvalue weighted by atomic mass is 10.2. The summed E-state index contributed by atoms with van der Waals surface area (Å²) in [5.74, 6) is -3.52. The minimum atomic E-state index is -1.55. The lowest BCUT2D eigenvalue weighted by Gasteiger charge is -1.98. The molecule has 9 heteroatoms. The maximum Gasteiger partial charge on any atom is 0.374 e. The van der Waals surface area contributed by atoms with Gasteiger partial charge in [-0.15, -0.1) is 0 Å². The van der Waals surface area contributed by atoms with E-state index in [0.717, 1.165) is 6.07 Å². The number of nitro groups is 1. The second-order valence-electron chi connectivity index (χ2n) is 2.97. The zero-order chi connectivity index (χ0) is 13.7. The van der Waals surface area contributed by atoms with Gasteiger partial charge in [-0.05, 0) is 11.2 Å². The van der Waals surface area contributed by atoms with E-state index < -0.39 is 22.7 Å². The molecule has 1 aromatic carbocycles.